The van der Waals surface area contributed by atoms with Crippen LogP contribution in [0.2, 0.25) is 0 Å². The van der Waals surface area contributed by atoms with Crippen molar-refractivity contribution in [3.63, 3.8) is 0 Å². The minimum absolute atomic E-state index is 0.1000. The number of carbonyl (C=O) groups excluding carboxylic acids is 2. The molecule has 0 spiro atoms. The molecule has 1 aromatic rings. The highest BCUT2D eigenvalue weighted by atomic mass is 16.4. The van der Waals surface area contributed by atoms with Crippen molar-refractivity contribution in [2.24, 2.45) is 0 Å². The number of hydrogen-bond acceptors (Lipinski definition) is 6. The first-order chi connectivity index (χ1) is 17.6. The smallest absolute Gasteiger partial charge is 0.220 e. The average Bonchev–Trinajstić information content (AvgIpc) is 2.90. The Balaban J connectivity index is 1.97. The third kappa shape index (κ3) is 14.5. The van der Waals surface area contributed by atoms with E-state index in [0.717, 1.165) is 56.9 Å². The van der Waals surface area contributed by atoms with Gasteiger partial charge in [0.15, 0.2) is 0 Å². The molecule has 0 bridgehead atoms. The number of aliphatic hydroxyl groups excluding tert-OH is 4. The fourth-order valence-corrected chi connectivity index (χ4v) is 4.07. The molecule has 0 heterocycles. The van der Waals surface area contributed by atoms with Crippen LogP contribution in [0.4, 0.5) is 0 Å². The van der Waals surface area contributed by atoms with Crippen LogP contribution in [0.15, 0.2) is 24.3 Å². The molecule has 1 aromatic carbocycles. The molecule has 0 radical (unpaired) electrons. The van der Waals surface area contributed by atoms with Crippen molar-refractivity contribution in [1.29, 1.82) is 0 Å². The maximum absolute atomic E-state index is 12.0. The Bertz CT molecular complexity index is 755. The Kier molecular flexibility index (Phi) is 17.1. The summed E-state index contributed by atoms with van der Waals surface area (Å²) in [5.41, 5.74) is 2.42. The Morgan fingerprint density at radius 1 is 0.703 bits per heavy atom. The molecule has 8 heteroatoms. The molecule has 0 saturated carbocycles. The summed E-state index contributed by atoms with van der Waals surface area (Å²) in [6, 6.07) is 8.39. The summed E-state index contributed by atoms with van der Waals surface area (Å²) in [4.78, 5) is 24.0. The number of carbonyl (C=O) groups is 2. The van der Waals surface area contributed by atoms with E-state index in [1.54, 1.807) is 6.92 Å². The minimum Gasteiger partial charge on any atom is -0.390 e. The average molecular weight is 523 g/mol. The maximum Gasteiger partial charge on any atom is 0.220 e. The zero-order valence-electron chi connectivity index (χ0n) is 23.0. The summed E-state index contributed by atoms with van der Waals surface area (Å²) >= 11 is 0. The van der Waals surface area contributed by atoms with Crippen molar-refractivity contribution >= 4 is 11.8 Å². The second kappa shape index (κ2) is 19.1. The van der Waals surface area contributed by atoms with Gasteiger partial charge in [0.1, 0.15) is 12.2 Å². The van der Waals surface area contributed by atoms with E-state index in [-0.39, 0.29) is 24.8 Å². The van der Waals surface area contributed by atoms with E-state index in [1.807, 2.05) is 0 Å². The molecular weight excluding hydrogens is 472 g/mol. The number of benzene rings is 1. The normalized spacial score (nSPS) is 14.7. The highest BCUT2D eigenvalue weighted by Crippen LogP contribution is 2.15. The lowest BCUT2D eigenvalue weighted by atomic mass is 10.0. The van der Waals surface area contributed by atoms with E-state index in [4.69, 9.17) is 0 Å². The third-order valence-corrected chi connectivity index (χ3v) is 6.76. The van der Waals surface area contributed by atoms with Crippen LogP contribution in [0.5, 0.6) is 0 Å². The number of nitrogens with one attached hydrogen (secondary N) is 2. The Morgan fingerprint density at radius 2 is 1.16 bits per heavy atom. The molecule has 0 aliphatic carbocycles. The van der Waals surface area contributed by atoms with Crippen molar-refractivity contribution in [2.75, 3.05) is 6.54 Å². The van der Waals surface area contributed by atoms with Crippen LogP contribution >= 0.6 is 0 Å². The monoisotopic (exact) mass is 522 g/mol. The molecule has 0 aliphatic rings. The fraction of sp³-hybridized carbons (Fsp3) is 0.724. The molecule has 0 aromatic heterocycles. The second-order valence-electron chi connectivity index (χ2n) is 10.3. The van der Waals surface area contributed by atoms with Gasteiger partial charge < -0.3 is 31.1 Å². The van der Waals surface area contributed by atoms with Crippen LogP contribution in [-0.4, -0.2) is 63.2 Å². The molecule has 0 unspecified atom stereocenters. The first kappa shape index (κ1) is 33.0. The van der Waals surface area contributed by atoms with Gasteiger partial charge in [-0.15, -0.1) is 0 Å². The quantitative estimate of drug-likeness (QED) is 0.145. The predicted octanol–water partition coefficient (Wildman–Crippen LogP) is 3.30. The van der Waals surface area contributed by atoms with Gasteiger partial charge in [-0.1, -0.05) is 83.6 Å². The number of hydrogen-bond donors (Lipinski definition) is 6. The summed E-state index contributed by atoms with van der Waals surface area (Å²) in [6.45, 7) is 6.39. The lowest BCUT2D eigenvalue weighted by Crippen LogP contribution is -2.48. The van der Waals surface area contributed by atoms with Gasteiger partial charge in [-0.05, 0) is 36.3 Å². The van der Waals surface area contributed by atoms with Crippen LogP contribution < -0.4 is 10.6 Å². The molecular formula is C29H50N2O6. The van der Waals surface area contributed by atoms with E-state index < -0.39 is 24.4 Å². The lowest BCUT2D eigenvalue weighted by molar-refractivity contribution is -0.124. The first-order valence-corrected chi connectivity index (χ1v) is 14.0. The van der Waals surface area contributed by atoms with Crippen molar-refractivity contribution in [3.8, 4) is 0 Å². The van der Waals surface area contributed by atoms with E-state index >= 15 is 0 Å². The number of amides is 2. The lowest BCUT2D eigenvalue weighted by Gasteiger charge is -2.26. The van der Waals surface area contributed by atoms with Gasteiger partial charge in [0.2, 0.25) is 11.8 Å². The molecule has 212 valence electrons. The summed E-state index contributed by atoms with van der Waals surface area (Å²) in [7, 11) is 0. The molecule has 37 heavy (non-hydrogen) atoms. The summed E-state index contributed by atoms with van der Waals surface area (Å²) in [6.07, 6.45) is 3.73. The number of rotatable bonds is 20. The van der Waals surface area contributed by atoms with Gasteiger partial charge in [0.25, 0.3) is 0 Å². The van der Waals surface area contributed by atoms with Crippen LogP contribution in [0, 0.1) is 0 Å². The summed E-state index contributed by atoms with van der Waals surface area (Å²) in [5.74, 6) is 0.401. The topological polar surface area (TPSA) is 139 Å². The molecule has 8 nitrogen and oxygen atoms in total. The van der Waals surface area contributed by atoms with Crippen LogP contribution in [-0.2, 0) is 16.1 Å². The molecule has 1 rings (SSSR count). The fourth-order valence-electron chi connectivity index (χ4n) is 4.07. The standard InChI is InChI=1S/C29H50N2O6/c1-4-24(32)28(36)29(37)25(33)20-31-27(35)14-12-10-8-6-5-7-9-11-13-26(34)30-19-22-15-17-23(18-16-22)21(2)3/h15-18,21,24-25,28-29,32-33,36-37H,4-14,19-20H2,1-3H3,(H,30,34)(H,31,35)/t24-,25+,28-,29-/m0/s1. The van der Waals surface area contributed by atoms with Gasteiger partial charge >= 0.3 is 0 Å². The maximum atomic E-state index is 12.0. The van der Waals surface area contributed by atoms with E-state index in [9.17, 15) is 30.0 Å². The number of unbranched alkanes of at least 4 members (excludes halogenated alkanes) is 7. The third-order valence-electron chi connectivity index (χ3n) is 6.76. The molecule has 2 amide bonds. The molecule has 0 aliphatic heterocycles. The summed E-state index contributed by atoms with van der Waals surface area (Å²) in [5, 5.41) is 44.5. The van der Waals surface area contributed by atoms with Crippen molar-refractivity contribution < 1.29 is 30.0 Å². The Labute approximate surface area is 222 Å². The summed E-state index contributed by atoms with van der Waals surface area (Å²) < 4.78 is 0. The molecule has 0 fully saturated rings. The zero-order valence-corrected chi connectivity index (χ0v) is 23.0. The highest BCUT2D eigenvalue weighted by molar-refractivity contribution is 5.76. The zero-order chi connectivity index (χ0) is 27.6. The minimum atomic E-state index is -1.52. The van der Waals surface area contributed by atoms with Crippen molar-refractivity contribution in [2.45, 2.75) is 128 Å². The molecule has 4 atom stereocenters. The van der Waals surface area contributed by atoms with Crippen LogP contribution in [0.3, 0.4) is 0 Å². The van der Waals surface area contributed by atoms with Crippen molar-refractivity contribution in [1.82, 2.24) is 10.6 Å². The van der Waals surface area contributed by atoms with Gasteiger partial charge in [-0.25, -0.2) is 0 Å². The van der Waals surface area contributed by atoms with Gasteiger partial charge in [0, 0.05) is 25.9 Å². The Hall–Kier alpha value is -2.00. The number of aliphatic hydroxyl groups is 4. The molecule has 0 saturated heterocycles. The van der Waals surface area contributed by atoms with Crippen LogP contribution in [0.25, 0.3) is 0 Å². The van der Waals surface area contributed by atoms with Crippen molar-refractivity contribution in [3.05, 3.63) is 35.4 Å². The predicted molar refractivity (Wildman–Crippen MR) is 146 cm³/mol. The van der Waals surface area contributed by atoms with Gasteiger partial charge in [-0.3, -0.25) is 9.59 Å². The van der Waals surface area contributed by atoms with Crippen LogP contribution in [0.1, 0.15) is 108 Å². The second-order valence-corrected chi connectivity index (χ2v) is 10.3. The molecule has 6 N–H and O–H groups in total. The SMILES string of the molecule is CC[C@H](O)[C@H](O)[C@@H](O)[C@H](O)CNC(=O)CCCCCCCCCCC(=O)NCc1ccc(C(C)C)cc1. The van der Waals surface area contributed by atoms with Gasteiger partial charge in [-0.2, -0.15) is 0 Å². The van der Waals surface area contributed by atoms with E-state index in [0.29, 0.717) is 25.3 Å². The van der Waals surface area contributed by atoms with E-state index in [1.165, 1.54) is 5.56 Å². The van der Waals surface area contributed by atoms with E-state index in [2.05, 4.69) is 48.7 Å². The largest absolute Gasteiger partial charge is 0.390 e. The highest BCUT2D eigenvalue weighted by Gasteiger charge is 2.29. The first-order valence-electron chi connectivity index (χ1n) is 14.0. The van der Waals surface area contributed by atoms with Gasteiger partial charge in [0.05, 0.1) is 12.2 Å². The Morgan fingerprint density at radius 3 is 1.65 bits per heavy atom.